The predicted octanol–water partition coefficient (Wildman–Crippen LogP) is 4.99. The van der Waals surface area contributed by atoms with Crippen LogP contribution in [0.2, 0.25) is 5.02 Å². The van der Waals surface area contributed by atoms with Gasteiger partial charge < -0.3 is 9.47 Å². The molecule has 0 radical (unpaired) electrons. The van der Waals surface area contributed by atoms with Gasteiger partial charge in [0.15, 0.2) is 11.5 Å². The minimum absolute atomic E-state index is 0.232. The first-order chi connectivity index (χ1) is 10.2. The molecule has 110 valence electrons. The minimum atomic E-state index is -0.232. The van der Waals surface area contributed by atoms with Crippen LogP contribution in [-0.4, -0.2) is 13.2 Å². The molecule has 1 aliphatic heterocycles. The molecule has 2 heterocycles. The van der Waals surface area contributed by atoms with Gasteiger partial charge >= 0.3 is 0 Å². The summed E-state index contributed by atoms with van der Waals surface area (Å²) >= 11 is 14.9. The normalized spacial score (nSPS) is 17.6. The molecule has 0 saturated heterocycles. The van der Waals surface area contributed by atoms with E-state index in [1.165, 1.54) is 34.6 Å². The molecule has 4 rings (SSSR count). The Hall–Kier alpha value is -0.900. The highest BCUT2D eigenvalue weighted by atomic mass is 35.5. The van der Waals surface area contributed by atoms with Gasteiger partial charge in [-0.05, 0) is 42.5 Å². The molecule has 0 bridgehead atoms. The van der Waals surface area contributed by atoms with Crippen molar-refractivity contribution in [2.24, 2.45) is 0 Å². The second-order valence-electron chi connectivity index (χ2n) is 5.33. The molecular formula is C16H14Cl2O2S. The quantitative estimate of drug-likeness (QED) is 0.717. The Bertz CT molecular complexity index is 674. The lowest BCUT2D eigenvalue weighted by molar-refractivity contribution is 0.171. The van der Waals surface area contributed by atoms with Crippen LogP contribution in [0.1, 0.15) is 32.7 Å². The molecule has 1 unspecified atom stereocenters. The zero-order chi connectivity index (χ0) is 14.4. The van der Waals surface area contributed by atoms with E-state index in [1.54, 1.807) is 0 Å². The summed E-state index contributed by atoms with van der Waals surface area (Å²) in [6, 6.07) is 5.96. The molecule has 0 amide bonds. The average Bonchev–Trinajstić information content (AvgIpc) is 3.07. The summed E-state index contributed by atoms with van der Waals surface area (Å²) in [7, 11) is 0. The van der Waals surface area contributed by atoms with Crippen LogP contribution in [0.5, 0.6) is 11.5 Å². The van der Waals surface area contributed by atoms with Gasteiger partial charge in [0.2, 0.25) is 0 Å². The summed E-state index contributed by atoms with van der Waals surface area (Å²) in [6.07, 6.45) is 3.61. The average molecular weight is 341 g/mol. The van der Waals surface area contributed by atoms with E-state index in [1.807, 2.05) is 23.5 Å². The molecule has 21 heavy (non-hydrogen) atoms. The molecule has 0 saturated carbocycles. The Morgan fingerprint density at radius 3 is 2.57 bits per heavy atom. The fraction of sp³-hybridized carbons (Fsp3) is 0.375. The second-order valence-corrected chi connectivity index (χ2v) is 7.34. The molecule has 0 spiro atoms. The third-order valence-electron chi connectivity index (χ3n) is 3.95. The highest BCUT2D eigenvalue weighted by molar-refractivity contribution is 7.12. The molecular weight excluding hydrogens is 327 g/mol. The molecule has 5 heteroatoms. The van der Waals surface area contributed by atoms with Gasteiger partial charge in [-0.15, -0.1) is 22.9 Å². The number of rotatable bonds is 2. The van der Waals surface area contributed by atoms with Crippen LogP contribution in [0.3, 0.4) is 0 Å². The first-order valence-electron chi connectivity index (χ1n) is 7.07. The van der Waals surface area contributed by atoms with Gasteiger partial charge in [0.05, 0.1) is 5.38 Å². The second kappa shape index (κ2) is 5.38. The van der Waals surface area contributed by atoms with Crippen molar-refractivity contribution < 1.29 is 9.47 Å². The van der Waals surface area contributed by atoms with E-state index in [0.29, 0.717) is 24.0 Å². The Kier molecular flexibility index (Phi) is 3.52. The van der Waals surface area contributed by atoms with E-state index in [-0.39, 0.29) is 5.38 Å². The SMILES string of the molecule is Clc1cc2c(cc1C(Cl)c1cc3c(s1)CCC3)OCCO2. The van der Waals surface area contributed by atoms with Crippen LogP contribution >= 0.6 is 34.5 Å². The fourth-order valence-corrected chi connectivity index (χ4v) is 4.85. The zero-order valence-corrected chi connectivity index (χ0v) is 13.7. The summed E-state index contributed by atoms with van der Waals surface area (Å²) in [5, 5.41) is 0.400. The first kappa shape index (κ1) is 13.7. The van der Waals surface area contributed by atoms with Crippen molar-refractivity contribution in [1.29, 1.82) is 0 Å². The number of hydrogen-bond acceptors (Lipinski definition) is 3. The van der Waals surface area contributed by atoms with E-state index >= 15 is 0 Å². The Labute approximate surface area is 137 Å². The molecule has 2 nitrogen and oxygen atoms in total. The molecule has 2 aliphatic rings. The third-order valence-corrected chi connectivity index (χ3v) is 6.18. The lowest BCUT2D eigenvalue weighted by Crippen LogP contribution is -2.15. The van der Waals surface area contributed by atoms with Gasteiger partial charge in [0, 0.05) is 20.8 Å². The molecule has 1 aromatic carbocycles. The maximum atomic E-state index is 6.68. The van der Waals surface area contributed by atoms with Crippen LogP contribution in [0, 0.1) is 0 Å². The number of benzene rings is 1. The van der Waals surface area contributed by atoms with Crippen molar-refractivity contribution in [3.05, 3.63) is 44.1 Å². The summed E-state index contributed by atoms with van der Waals surface area (Å²) in [4.78, 5) is 2.64. The topological polar surface area (TPSA) is 18.5 Å². The smallest absolute Gasteiger partial charge is 0.162 e. The molecule has 0 N–H and O–H groups in total. The van der Waals surface area contributed by atoms with E-state index < -0.39 is 0 Å². The number of aryl methyl sites for hydroxylation is 2. The third kappa shape index (κ3) is 2.41. The highest BCUT2D eigenvalue weighted by Crippen LogP contribution is 2.44. The summed E-state index contributed by atoms with van der Waals surface area (Å²) < 4.78 is 11.2. The Morgan fingerprint density at radius 1 is 1.05 bits per heavy atom. The lowest BCUT2D eigenvalue weighted by Gasteiger charge is -2.21. The zero-order valence-electron chi connectivity index (χ0n) is 11.3. The maximum absolute atomic E-state index is 6.68. The molecule has 0 fully saturated rings. The van der Waals surface area contributed by atoms with E-state index in [2.05, 4.69) is 6.07 Å². The van der Waals surface area contributed by atoms with Crippen LogP contribution in [0.15, 0.2) is 18.2 Å². The Balaban J connectivity index is 1.71. The van der Waals surface area contributed by atoms with Crippen molar-refractivity contribution in [2.45, 2.75) is 24.6 Å². The molecule has 1 atom stereocenters. The summed E-state index contributed by atoms with van der Waals surface area (Å²) in [5.41, 5.74) is 2.34. The van der Waals surface area contributed by atoms with Crippen LogP contribution in [0.4, 0.5) is 0 Å². The van der Waals surface area contributed by atoms with Crippen molar-refractivity contribution >= 4 is 34.5 Å². The van der Waals surface area contributed by atoms with Crippen LogP contribution in [0.25, 0.3) is 0 Å². The number of hydrogen-bond donors (Lipinski definition) is 0. The minimum Gasteiger partial charge on any atom is -0.486 e. The molecule has 1 aliphatic carbocycles. The number of alkyl halides is 1. The van der Waals surface area contributed by atoms with Crippen molar-refractivity contribution in [3.63, 3.8) is 0 Å². The van der Waals surface area contributed by atoms with E-state index in [4.69, 9.17) is 32.7 Å². The number of halogens is 2. The highest BCUT2D eigenvalue weighted by Gasteiger charge is 2.24. The predicted molar refractivity (Wildman–Crippen MR) is 86.5 cm³/mol. The number of fused-ring (bicyclic) bond motifs is 2. The Morgan fingerprint density at radius 2 is 1.81 bits per heavy atom. The van der Waals surface area contributed by atoms with E-state index in [0.717, 1.165) is 11.3 Å². The van der Waals surface area contributed by atoms with Crippen LogP contribution < -0.4 is 9.47 Å². The van der Waals surface area contributed by atoms with Gasteiger partial charge in [0.1, 0.15) is 13.2 Å². The van der Waals surface area contributed by atoms with Gasteiger partial charge in [-0.1, -0.05) is 11.6 Å². The van der Waals surface area contributed by atoms with Crippen molar-refractivity contribution in [1.82, 2.24) is 0 Å². The monoisotopic (exact) mass is 340 g/mol. The van der Waals surface area contributed by atoms with Crippen LogP contribution in [-0.2, 0) is 12.8 Å². The maximum Gasteiger partial charge on any atom is 0.162 e. The van der Waals surface area contributed by atoms with Gasteiger partial charge in [-0.25, -0.2) is 0 Å². The van der Waals surface area contributed by atoms with E-state index in [9.17, 15) is 0 Å². The number of ether oxygens (including phenoxy) is 2. The largest absolute Gasteiger partial charge is 0.486 e. The molecule has 1 aromatic heterocycles. The number of thiophene rings is 1. The summed E-state index contributed by atoms with van der Waals surface area (Å²) in [5.74, 6) is 1.43. The van der Waals surface area contributed by atoms with Crippen molar-refractivity contribution in [3.8, 4) is 11.5 Å². The molecule has 2 aromatic rings. The fourth-order valence-electron chi connectivity index (χ4n) is 2.90. The standard InChI is InChI=1S/C16H14Cl2O2S/c17-11-8-13-12(19-4-5-20-13)7-10(11)16(18)15-6-9-2-1-3-14(9)21-15/h6-8,16H,1-5H2. The lowest BCUT2D eigenvalue weighted by atomic mass is 10.1. The first-order valence-corrected chi connectivity index (χ1v) is 8.70. The summed E-state index contributed by atoms with van der Waals surface area (Å²) in [6.45, 7) is 1.12. The van der Waals surface area contributed by atoms with Gasteiger partial charge in [-0.2, -0.15) is 0 Å². The van der Waals surface area contributed by atoms with Crippen molar-refractivity contribution in [2.75, 3.05) is 13.2 Å². The van der Waals surface area contributed by atoms with Gasteiger partial charge in [-0.3, -0.25) is 0 Å². The van der Waals surface area contributed by atoms with Gasteiger partial charge in [0.25, 0.3) is 0 Å².